The fraction of sp³-hybridized carbons (Fsp3) is 0.500. The zero-order valence-corrected chi connectivity index (χ0v) is 13.1. The SMILES string of the molecule is COc1cc(NC(=O)C2(N)CCCCC2)ccc1NC(C)=O. The van der Waals surface area contributed by atoms with Crippen molar-refractivity contribution in [2.24, 2.45) is 5.73 Å². The van der Waals surface area contributed by atoms with Gasteiger partial charge < -0.3 is 21.1 Å². The number of hydrogen-bond acceptors (Lipinski definition) is 4. The zero-order chi connectivity index (χ0) is 16.2. The molecule has 0 bridgehead atoms. The number of nitrogens with two attached hydrogens (primary N) is 1. The number of rotatable bonds is 4. The van der Waals surface area contributed by atoms with Crippen LogP contribution in [0.15, 0.2) is 18.2 Å². The quantitative estimate of drug-likeness (QED) is 0.795. The summed E-state index contributed by atoms with van der Waals surface area (Å²) in [5, 5.41) is 5.53. The Morgan fingerprint density at radius 3 is 2.45 bits per heavy atom. The van der Waals surface area contributed by atoms with Crippen molar-refractivity contribution in [2.45, 2.75) is 44.6 Å². The molecule has 0 radical (unpaired) electrons. The molecule has 2 rings (SSSR count). The second-order valence-corrected chi connectivity index (χ2v) is 5.77. The summed E-state index contributed by atoms with van der Waals surface area (Å²) in [6.07, 6.45) is 4.51. The molecule has 1 aromatic carbocycles. The molecule has 4 N–H and O–H groups in total. The lowest BCUT2D eigenvalue weighted by atomic mass is 9.82. The monoisotopic (exact) mass is 305 g/mol. The van der Waals surface area contributed by atoms with Gasteiger partial charge in [0.15, 0.2) is 0 Å². The highest BCUT2D eigenvalue weighted by Crippen LogP contribution is 2.30. The Kier molecular flexibility index (Phi) is 5.03. The first-order valence-electron chi connectivity index (χ1n) is 7.50. The largest absolute Gasteiger partial charge is 0.494 e. The van der Waals surface area contributed by atoms with Gasteiger partial charge in [-0.15, -0.1) is 0 Å². The first kappa shape index (κ1) is 16.3. The highest BCUT2D eigenvalue weighted by molar-refractivity contribution is 5.99. The van der Waals surface area contributed by atoms with Crippen LogP contribution in [0.1, 0.15) is 39.0 Å². The van der Waals surface area contributed by atoms with Crippen molar-refractivity contribution in [3.8, 4) is 5.75 Å². The lowest BCUT2D eigenvalue weighted by Crippen LogP contribution is -2.52. The van der Waals surface area contributed by atoms with Crippen LogP contribution in [0.3, 0.4) is 0 Å². The van der Waals surface area contributed by atoms with Gasteiger partial charge in [-0.25, -0.2) is 0 Å². The van der Waals surface area contributed by atoms with Crippen LogP contribution in [0.25, 0.3) is 0 Å². The molecule has 0 atom stereocenters. The number of amides is 2. The molecule has 1 aliphatic carbocycles. The van der Waals surface area contributed by atoms with Gasteiger partial charge in [-0.3, -0.25) is 9.59 Å². The third-order valence-corrected chi connectivity index (χ3v) is 3.97. The third kappa shape index (κ3) is 3.76. The highest BCUT2D eigenvalue weighted by atomic mass is 16.5. The van der Waals surface area contributed by atoms with Crippen molar-refractivity contribution in [1.82, 2.24) is 0 Å². The number of hydrogen-bond donors (Lipinski definition) is 3. The summed E-state index contributed by atoms with van der Waals surface area (Å²) >= 11 is 0. The highest BCUT2D eigenvalue weighted by Gasteiger charge is 2.35. The Morgan fingerprint density at radius 2 is 1.86 bits per heavy atom. The van der Waals surface area contributed by atoms with Crippen LogP contribution >= 0.6 is 0 Å². The average Bonchev–Trinajstić information content (AvgIpc) is 2.49. The molecule has 0 aromatic heterocycles. The smallest absolute Gasteiger partial charge is 0.244 e. The number of ether oxygens (including phenoxy) is 1. The molecule has 0 heterocycles. The maximum absolute atomic E-state index is 12.4. The Balaban J connectivity index is 2.12. The van der Waals surface area contributed by atoms with Crippen molar-refractivity contribution in [2.75, 3.05) is 17.7 Å². The van der Waals surface area contributed by atoms with Crippen LogP contribution in [0.5, 0.6) is 5.75 Å². The third-order valence-electron chi connectivity index (χ3n) is 3.97. The van der Waals surface area contributed by atoms with E-state index in [1.165, 1.54) is 14.0 Å². The Morgan fingerprint density at radius 1 is 1.18 bits per heavy atom. The summed E-state index contributed by atoms with van der Waals surface area (Å²) in [6.45, 7) is 1.43. The molecular formula is C16H23N3O3. The van der Waals surface area contributed by atoms with E-state index in [-0.39, 0.29) is 11.8 Å². The molecule has 1 aliphatic rings. The van der Waals surface area contributed by atoms with Gasteiger partial charge in [0.25, 0.3) is 0 Å². The lowest BCUT2D eigenvalue weighted by molar-refractivity contribution is -0.122. The van der Waals surface area contributed by atoms with Gasteiger partial charge in [-0.2, -0.15) is 0 Å². The van der Waals surface area contributed by atoms with Gasteiger partial charge in [0.1, 0.15) is 5.75 Å². The molecule has 0 saturated heterocycles. The predicted molar refractivity (Wildman–Crippen MR) is 85.9 cm³/mol. The minimum Gasteiger partial charge on any atom is -0.494 e. The number of benzene rings is 1. The van der Waals surface area contributed by atoms with E-state index in [0.717, 1.165) is 19.3 Å². The van der Waals surface area contributed by atoms with Crippen molar-refractivity contribution < 1.29 is 14.3 Å². The minimum absolute atomic E-state index is 0.165. The first-order chi connectivity index (χ1) is 10.4. The Labute approximate surface area is 130 Å². The van der Waals surface area contributed by atoms with E-state index >= 15 is 0 Å². The van der Waals surface area contributed by atoms with Crippen LogP contribution in [0.2, 0.25) is 0 Å². The lowest BCUT2D eigenvalue weighted by Gasteiger charge is -2.31. The number of carbonyl (C=O) groups excluding carboxylic acids is 2. The van der Waals surface area contributed by atoms with Crippen molar-refractivity contribution in [1.29, 1.82) is 0 Å². The first-order valence-corrected chi connectivity index (χ1v) is 7.50. The molecule has 0 spiro atoms. The maximum atomic E-state index is 12.4. The van der Waals surface area contributed by atoms with Crippen LogP contribution in [-0.4, -0.2) is 24.5 Å². The summed E-state index contributed by atoms with van der Waals surface area (Å²) in [4.78, 5) is 23.5. The molecule has 1 aromatic rings. The summed E-state index contributed by atoms with van der Waals surface area (Å²) in [5.74, 6) is 0.141. The number of carbonyl (C=O) groups is 2. The van der Waals surface area contributed by atoms with Crippen LogP contribution in [0, 0.1) is 0 Å². The van der Waals surface area contributed by atoms with Gasteiger partial charge in [-0.1, -0.05) is 19.3 Å². The van der Waals surface area contributed by atoms with Crippen LogP contribution in [0.4, 0.5) is 11.4 Å². The maximum Gasteiger partial charge on any atom is 0.244 e. The fourth-order valence-electron chi connectivity index (χ4n) is 2.73. The Hall–Kier alpha value is -2.08. The van der Waals surface area contributed by atoms with Gasteiger partial charge in [-0.05, 0) is 25.0 Å². The molecule has 6 heteroatoms. The summed E-state index contributed by atoms with van der Waals surface area (Å²) in [6, 6.07) is 5.09. The van der Waals surface area contributed by atoms with Crippen LogP contribution in [-0.2, 0) is 9.59 Å². The zero-order valence-electron chi connectivity index (χ0n) is 13.1. The number of methoxy groups -OCH3 is 1. The van der Waals surface area contributed by atoms with Gasteiger partial charge in [0.2, 0.25) is 11.8 Å². The van der Waals surface area contributed by atoms with Gasteiger partial charge in [0.05, 0.1) is 18.3 Å². The second kappa shape index (κ2) is 6.79. The van der Waals surface area contributed by atoms with Crippen molar-refractivity contribution >= 4 is 23.2 Å². The van der Waals surface area contributed by atoms with E-state index in [0.29, 0.717) is 30.0 Å². The molecule has 1 saturated carbocycles. The molecule has 0 aliphatic heterocycles. The minimum atomic E-state index is -0.790. The fourth-order valence-corrected chi connectivity index (χ4v) is 2.73. The van der Waals surface area contributed by atoms with E-state index in [4.69, 9.17) is 10.5 Å². The van der Waals surface area contributed by atoms with Gasteiger partial charge >= 0.3 is 0 Å². The summed E-state index contributed by atoms with van der Waals surface area (Å²) in [5.41, 5.74) is 6.59. The molecule has 1 fully saturated rings. The Bertz CT molecular complexity index is 566. The van der Waals surface area contributed by atoms with E-state index in [1.807, 2.05) is 0 Å². The van der Waals surface area contributed by atoms with Crippen molar-refractivity contribution in [3.05, 3.63) is 18.2 Å². The van der Waals surface area contributed by atoms with E-state index in [1.54, 1.807) is 18.2 Å². The summed E-state index contributed by atoms with van der Waals surface area (Å²) < 4.78 is 5.24. The molecular weight excluding hydrogens is 282 g/mol. The molecule has 120 valence electrons. The van der Waals surface area contributed by atoms with E-state index < -0.39 is 5.54 Å². The standard InChI is InChI=1S/C16H23N3O3/c1-11(20)18-13-7-6-12(10-14(13)22-2)19-15(21)16(17)8-4-3-5-9-16/h6-7,10H,3-5,8-9,17H2,1-2H3,(H,18,20)(H,19,21). The average molecular weight is 305 g/mol. The normalized spacial score (nSPS) is 16.7. The van der Waals surface area contributed by atoms with E-state index in [2.05, 4.69) is 10.6 Å². The molecule has 22 heavy (non-hydrogen) atoms. The number of nitrogens with one attached hydrogen (secondary N) is 2. The van der Waals surface area contributed by atoms with E-state index in [9.17, 15) is 9.59 Å². The van der Waals surface area contributed by atoms with Gasteiger partial charge in [0, 0.05) is 18.7 Å². The molecule has 0 unspecified atom stereocenters. The topological polar surface area (TPSA) is 93.4 Å². The van der Waals surface area contributed by atoms with Crippen molar-refractivity contribution in [3.63, 3.8) is 0 Å². The van der Waals surface area contributed by atoms with Crippen LogP contribution < -0.4 is 21.1 Å². The number of anilines is 2. The summed E-state index contributed by atoms with van der Waals surface area (Å²) in [7, 11) is 1.51. The predicted octanol–water partition coefficient (Wildman–Crippen LogP) is 2.25. The molecule has 2 amide bonds. The second-order valence-electron chi connectivity index (χ2n) is 5.77. The molecule has 6 nitrogen and oxygen atoms in total.